The number of aliphatic hydroxyl groups is 1. The summed E-state index contributed by atoms with van der Waals surface area (Å²) in [4.78, 5) is 2.79. The van der Waals surface area contributed by atoms with Crippen molar-refractivity contribution in [2.45, 2.75) is 25.9 Å². The van der Waals surface area contributed by atoms with Gasteiger partial charge in [0.05, 0.1) is 6.10 Å². The molecule has 0 bridgehead atoms. The van der Waals surface area contributed by atoms with E-state index in [1.54, 1.807) is 0 Å². The second-order valence-corrected chi connectivity index (χ2v) is 5.42. The van der Waals surface area contributed by atoms with Gasteiger partial charge in [0.25, 0.3) is 0 Å². The molecule has 1 aliphatic rings. The first-order valence-corrected chi connectivity index (χ1v) is 6.81. The van der Waals surface area contributed by atoms with Crippen molar-refractivity contribution in [3.63, 3.8) is 0 Å². The van der Waals surface area contributed by atoms with Crippen molar-refractivity contribution in [3.8, 4) is 0 Å². The number of rotatable bonds is 3. The van der Waals surface area contributed by atoms with Crippen LogP contribution >= 0.6 is 12.2 Å². The third kappa shape index (κ3) is 3.00. The Hall–Kier alpha value is -1.13. The average Bonchev–Trinajstić information content (AvgIpc) is 2.39. The zero-order chi connectivity index (χ0) is 13.1. The standard InChI is InChI=1S/C14H20N2OS/c1-10(17)11-6-8-16(9-7-11)13-4-2-12(3-5-13)14(15)18/h2-5,10-11,17H,6-9H2,1H3,(H2,15,18). The summed E-state index contributed by atoms with van der Waals surface area (Å²) in [6.45, 7) is 3.89. The number of aliphatic hydroxyl groups excluding tert-OH is 1. The highest BCUT2D eigenvalue weighted by Crippen LogP contribution is 2.25. The van der Waals surface area contributed by atoms with Crippen LogP contribution in [0.15, 0.2) is 24.3 Å². The Kier molecular flexibility index (Phi) is 4.19. The summed E-state index contributed by atoms with van der Waals surface area (Å²) < 4.78 is 0. The largest absolute Gasteiger partial charge is 0.393 e. The van der Waals surface area contributed by atoms with E-state index in [1.165, 1.54) is 5.69 Å². The van der Waals surface area contributed by atoms with Crippen LogP contribution in [-0.2, 0) is 0 Å². The molecule has 0 amide bonds. The van der Waals surface area contributed by atoms with Crippen molar-refractivity contribution in [1.29, 1.82) is 0 Å². The van der Waals surface area contributed by atoms with Crippen molar-refractivity contribution in [2.75, 3.05) is 18.0 Å². The predicted octanol–water partition coefficient (Wildman–Crippen LogP) is 1.92. The summed E-state index contributed by atoms with van der Waals surface area (Å²) in [5.74, 6) is 0.442. The summed E-state index contributed by atoms with van der Waals surface area (Å²) in [7, 11) is 0. The first-order valence-electron chi connectivity index (χ1n) is 6.41. The Balaban J connectivity index is 1.99. The number of benzene rings is 1. The second kappa shape index (κ2) is 5.67. The van der Waals surface area contributed by atoms with Gasteiger partial charge in [0.2, 0.25) is 0 Å². The maximum atomic E-state index is 9.58. The van der Waals surface area contributed by atoms with E-state index in [9.17, 15) is 5.11 Å². The number of hydrogen-bond donors (Lipinski definition) is 2. The predicted molar refractivity (Wildman–Crippen MR) is 78.9 cm³/mol. The summed E-state index contributed by atoms with van der Waals surface area (Å²) in [5.41, 5.74) is 7.70. The van der Waals surface area contributed by atoms with Crippen LogP contribution in [0, 0.1) is 5.92 Å². The minimum Gasteiger partial charge on any atom is -0.393 e. The van der Waals surface area contributed by atoms with Gasteiger partial charge in [-0.3, -0.25) is 0 Å². The minimum absolute atomic E-state index is 0.191. The molecule has 2 rings (SSSR count). The van der Waals surface area contributed by atoms with E-state index in [0.717, 1.165) is 31.5 Å². The van der Waals surface area contributed by atoms with Gasteiger partial charge >= 0.3 is 0 Å². The van der Waals surface area contributed by atoms with Crippen LogP contribution in [-0.4, -0.2) is 29.3 Å². The zero-order valence-corrected chi connectivity index (χ0v) is 11.5. The SMILES string of the molecule is CC(O)C1CCN(c2ccc(C(N)=S)cc2)CC1. The molecule has 1 saturated heterocycles. The molecule has 1 fully saturated rings. The molecule has 1 aliphatic heterocycles. The number of nitrogens with two attached hydrogens (primary N) is 1. The fourth-order valence-electron chi connectivity index (χ4n) is 2.48. The molecule has 1 atom stereocenters. The fourth-order valence-corrected chi connectivity index (χ4v) is 2.61. The van der Waals surface area contributed by atoms with Crippen LogP contribution in [0.2, 0.25) is 0 Å². The lowest BCUT2D eigenvalue weighted by Crippen LogP contribution is -2.37. The lowest BCUT2D eigenvalue weighted by atomic mass is 9.92. The molecule has 0 spiro atoms. The van der Waals surface area contributed by atoms with Crippen molar-refractivity contribution in [3.05, 3.63) is 29.8 Å². The molecular weight excluding hydrogens is 244 g/mol. The Labute approximate surface area is 114 Å². The van der Waals surface area contributed by atoms with Crippen LogP contribution in [0.25, 0.3) is 0 Å². The molecule has 0 radical (unpaired) electrons. The number of piperidine rings is 1. The Morgan fingerprint density at radius 3 is 2.33 bits per heavy atom. The third-order valence-electron chi connectivity index (χ3n) is 3.74. The second-order valence-electron chi connectivity index (χ2n) is 4.98. The van der Waals surface area contributed by atoms with Crippen LogP contribution in [0.4, 0.5) is 5.69 Å². The van der Waals surface area contributed by atoms with Gasteiger partial charge in [-0.2, -0.15) is 0 Å². The van der Waals surface area contributed by atoms with Crippen molar-refractivity contribution in [2.24, 2.45) is 11.7 Å². The van der Waals surface area contributed by atoms with E-state index >= 15 is 0 Å². The summed E-state index contributed by atoms with van der Waals surface area (Å²) in [6, 6.07) is 8.07. The molecular formula is C14H20N2OS. The van der Waals surface area contributed by atoms with E-state index in [1.807, 2.05) is 19.1 Å². The lowest BCUT2D eigenvalue weighted by Gasteiger charge is -2.34. The van der Waals surface area contributed by atoms with Gasteiger partial charge in [-0.05, 0) is 49.9 Å². The van der Waals surface area contributed by atoms with Gasteiger partial charge in [0.1, 0.15) is 4.99 Å². The number of thiocarbonyl (C=S) groups is 1. The molecule has 0 aromatic heterocycles. The van der Waals surface area contributed by atoms with Gasteiger partial charge in [0, 0.05) is 24.3 Å². The highest BCUT2D eigenvalue weighted by molar-refractivity contribution is 7.80. The van der Waals surface area contributed by atoms with E-state index in [0.29, 0.717) is 10.9 Å². The molecule has 0 saturated carbocycles. The molecule has 0 aliphatic carbocycles. The van der Waals surface area contributed by atoms with Crippen LogP contribution in [0.1, 0.15) is 25.3 Å². The fraction of sp³-hybridized carbons (Fsp3) is 0.500. The highest BCUT2D eigenvalue weighted by atomic mass is 32.1. The molecule has 4 heteroatoms. The smallest absolute Gasteiger partial charge is 0.103 e. The minimum atomic E-state index is -0.191. The van der Waals surface area contributed by atoms with E-state index < -0.39 is 0 Å². The summed E-state index contributed by atoms with van der Waals surface area (Å²) in [6.07, 6.45) is 1.91. The van der Waals surface area contributed by atoms with E-state index in [4.69, 9.17) is 18.0 Å². The maximum Gasteiger partial charge on any atom is 0.103 e. The number of anilines is 1. The first kappa shape index (κ1) is 13.3. The van der Waals surface area contributed by atoms with Crippen molar-refractivity contribution >= 4 is 22.9 Å². The molecule has 98 valence electrons. The molecule has 1 aromatic carbocycles. The summed E-state index contributed by atoms with van der Waals surface area (Å²) >= 11 is 4.94. The van der Waals surface area contributed by atoms with Gasteiger partial charge in [-0.25, -0.2) is 0 Å². The van der Waals surface area contributed by atoms with Gasteiger partial charge in [0.15, 0.2) is 0 Å². The summed E-state index contributed by atoms with van der Waals surface area (Å²) in [5, 5.41) is 9.58. The van der Waals surface area contributed by atoms with Gasteiger partial charge in [-0.15, -0.1) is 0 Å². The average molecular weight is 264 g/mol. The molecule has 18 heavy (non-hydrogen) atoms. The van der Waals surface area contributed by atoms with Crippen LogP contribution in [0.5, 0.6) is 0 Å². The van der Waals surface area contributed by atoms with Crippen LogP contribution in [0.3, 0.4) is 0 Å². The highest BCUT2D eigenvalue weighted by Gasteiger charge is 2.22. The normalized spacial score (nSPS) is 18.7. The third-order valence-corrected chi connectivity index (χ3v) is 3.97. The lowest BCUT2D eigenvalue weighted by molar-refractivity contribution is 0.110. The van der Waals surface area contributed by atoms with E-state index in [2.05, 4.69) is 17.0 Å². The Morgan fingerprint density at radius 2 is 1.89 bits per heavy atom. The van der Waals surface area contributed by atoms with Gasteiger partial charge in [-0.1, -0.05) is 12.2 Å². The Bertz CT molecular complexity index is 408. The quantitative estimate of drug-likeness (QED) is 0.819. The number of nitrogens with zero attached hydrogens (tertiary/aromatic N) is 1. The van der Waals surface area contributed by atoms with Crippen molar-refractivity contribution < 1.29 is 5.11 Å². The molecule has 1 aromatic rings. The number of hydrogen-bond acceptors (Lipinski definition) is 3. The molecule has 1 heterocycles. The van der Waals surface area contributed by atoms with E-state index in [-0.39, 0.29) is 6.10 Å². The zero-order valence-electron chi connectivity index (χ0n) is 10.7. The first-order chi connectivity index (χ1) is 8.58. The topological polar surface area (TPSA) is 49.5 Å². The van der Waals surface area contributed by atoms with Gasteiger partial charge < -0.3 is 15.7 Å². The van der Waals surface area contributed by atoms with Crippen LogP contribution < -0.4 is 10.6 Å². The molecule has 3 nitrogen and oxygen atoms in total. The van der Waals surface area contributed by atoms with Crippen molar-refractivity contribution in [1.82, 2.24) is 0 Å². The Morgan fingerprint density at radius 1 is 1.33 bits per heavy atom. The maximum absolute atomic E-state index is 9.58. The molecule has 3 N–H and O–H groups in total. The molecule has 1 unspecified atom stereocenters. The monoisotopic (exact) mass is 264 g/mol.